The molecule has 2 heterocycles. The molecule has 0 aliphatic carbocycles. The van der Waals surface area contributed by atoms with Crippen molar-refractivity contribution in [3.63, 3.8) is 0 Å². The van der Waals surface area contributed by atoms with Gasteiger partial charge in [0.15, 0.2) is 16.6 Å². The van der Waals surface area contributed by atoms with Gasteiger partial charge in [-0.3, -0.25) is 10.1 Å². The van der Waals surface area contributed by atoms with E-state index in [1.165, 1.54) is 6.08 Å². The van der Waals surface area contributed by atoms with Gasteiger partial charge in [-0.25, -0.2) is 9.78 Å². The molecule has 3 rings (SSSR count). The summed E-state index contributed by atoms with van der Waals surface area (Å²) in [5.41, 5.74) is 2.92. The Balaban J connectivity index is 1.64. The molecule has 2 aromatic heterocycles. The van der Waals surface area contributed by atoms with E-state index in [2.05, 4.69) is 15.5 Å². The fraction of sp³-hybridized carbons (Fsp3) is 0.304. The van der Waals surface area contributed by atoms with E-state index in [1.807, 2.05) is 13.8 Å². The molecule has 0 bridgehead atoms. The van der Waals surface area contributed by atoms with Crippen LogP contribution in [0.2, 0.25) is 0 Å². The number of methoxy groups -OCH3 is 1. The Bertz CT molecular complexity index is 1160. The zero-order valence-corrected chi connectivity index (χ0v) is 19.9. The predicted molar refractivity (Wildman–Crippen MR) is 124 cm³/mol. The molecule has 1 aromatic carbocycles. The molecule has 1 amide bonds. The second-order valence-electron chi connectivity index (χ2n) is 6.98. The highest BCUT2D eigenvalue weighted by Gasteiger charge is 2.17. The lowest BCUT2D eigenvalue weighted by Crippen LogP contribution is -2.07. The zero-order valence-electron chi connectivity index (χ0n) is 19.1. The lowest BCUT2D eigenvalue weighted by molar-refractivity contribution is -0.111. The van der Waals surface area contributed by atoms with Crippen LogP contribution in [-0.2, 0) is 16.1 Å². The molecule has 1 N–H and O–H groups in total. The summed E-state index contributed by atoms with van der Waals surface area (Å²) in [6.45, 7) is 7.68. The molecule has 0 radical (unpaired) electrons. The number of rotatable bonds is 9. The molecule has 174 valence electrons. The highest BCUT2D eigenvalue weighted by Crippen LogP contribution is 2.30. The molecule has 3 aromatic rings. The normalized spacial score (nSPS) is 10.9. The molecular weight excluding hydrogens is 446 g/mol. The number of carbonyl (C=O) groups is 2. The number of aromatic nitrogens is 2. The summed E-state index contributed by atoms with van der Waals surface area (Å²) in [7, 11) is 1.55. The van der Waals surface area contributed by atoms with Crippen molar-refractivity contribution in [2.75, 3.05) is 19.0 Å². The standard InChI is InChI=1S/C23H25N3O6S/c1-6-30-22(28)21-14(3)24-23(33-21)25-20(27)10-8-16-7-9-18(19(11-16)29-5)31-12-17-13(2)26-32-15(17)4/h7-11H,6,12H2,1-5H3,(H,24,25,27)/b10-8+. The van der Waals surface area contributed by atoms with Crippen molar-refractivity contribution in [2.45, 2.75) is 34.3 Å². The first-order valence-corrected chi connectivity index (χ1v) is 11.0. The van der Waals surface area contributed by atoms with Gasteiger partial charge in [0.1, 0.15) is 17.2 Å². The van der Waals surface area contributed by atoms with Crippen LogP contribution in [0.5, 0.6) is 11.5 Å². The number of nitrogens with zero attached hydrogens (tertiary/aromatic N) is 2. The Hall–Kier alpha value is -3.66. The summed E-state index contributed by atoms with van der Waals surface area (Å²) < 4.78 is 21.4. The van der Waals surface area contributed by atoms with Gasteiger partial charge in [0, 0.05) is 6.08 Å². The quantitative estimate of drug-likeness (QED) is 0.359. The van der Waals surface area contributed by atoms with Gasteiger partial charge >= 0.3 is 5.97 Å². The van der Waals surface area contributed by atoms with Gasteiger partial charge in [0.2, 0.25) is 5.91 Å². The summed E-state index contributed by atoms with van der Waals surface area (Å²) in [6.07, 6.45) is 3.02. The molecule has 0 atom stereocenters. The Kier molecular flexibility index (Phi) is 7.83. The van der Waals surface area contributed by atoms with Crippen LogP contribution in [0.3, 0.4) is 0 Å². The van der Waals surface area contributed by atoms with Crippen molar-refractivity contribution in [3.8, 4) is 11.5 Å². The maximum atomic E-state index is 12.3. The fourth-order valence-electron chi connectivity index (χ4n) is 2.92. The van der Waals surface area contributed by atoms with Gasteiger partial charge in [-0.2, -0.15) is 0 Å². The zero-order chi connectivity index (χ0) is 24.0. The van der Waals surface area contributed by atoms with Crippen molar-refractivity contribution < 1.29 is 28.3 Å². The highest BCUT2D eigenvalue weighted by molar-refractivity contribution is 7.17. The third-order valence-corrected chi connectivity index (χ3v) is 5.71. The fourth-order valence-corrected chi connectivity index (χ4v) is 3.78. The first-order chi connectivity index (χ1) is 15.8. The third-order valence-electron chi connectivity index (χ3n) is 4.66. The SMILES string of the molecule is CCOC(=O)c1sc(NC(=O)/C=C/c2ccc(OCc3c(C)noc3C)c(OC)c2)nc1C. The lowest BCUT2D eigenvalue weighted by atomic mass is 10.2. The largest absolute Gasteiger partial charge is 0.493 e. The predicted octanol–water partition coefficient (Wildman–Crippen LogP) is 4.47. The molecular formula is C23H25N3O6S. The molecule has 0 aliphatic heterocycles. The summed E-state index contributed by atoms with van der Waals surface area (Å²) in [4.78, 5) is 28.8. The number of carbonyl (C=O) groups excluding carboxylic acids is 2. The van der Waals surface area contributed by atoms with Gasteiger partial charge in [-0.05, 0) is 51.5 Å². The van der Waals surface area contributed by atoms with E-state index < -0.39 is 5.97 Å². The van der Waals surface area contributed by atoms with E-state index in [4.69, 9.17) is 18.7 Å². The van der Waals surface area contributed by atoms with Crippen molar-refractivity contribution >= 4 is 34.4 Å². The van der Waals surface area contributed by atoms with Crippen LogP contribution < -0.4 is 14.8 Å². The monoisotopic (exact) mass is 471 g/mol. The number of hydrogen-bond acceptors (Lipinski definition) is 9. The maximum Gasteiger partial charge on any atom is 0.350 e. The minimum Gasteiger partial charge on any atom is -0.493 e. The number of thiazole rings is 1. The van der Waals surface area contributed by atoms with Crippen LogP contribution in [0.4, 0.5) is 5.13 Å². The summed E-state index contributed by atoms with van der Waals surface area (Å²) in [6, 6.07) is 5.34. The molecule has 0 aliphatic rings. The van der Waals surface area contributed by atoms with E-state index in [-0.39, 0.29) is 12.5 Å². The topological polar surface area (TPSA) is 113 Å². The number of aryl methyl sites for hydroxylation is 3. The first kappa shape index (κ1) is 24.0. The number of benzene rings is 1. The second kappa shape index (κ2) is 10.8. The molecule has 0 saturated carbocycles. The molecule has 33 heavy (non-hydrogen) atoms. The number of anilines is 1. The smallest absolute Gasteiger partial charge is 0.350 e. The van der Waals surface area contributed by atoms with E-state index >= 15 is 0 Å². The maximum absolute atomic E-state index is 12.3. The minimum atomic E-state index is -0.452. The van der Waals surface area contributed by atoms with Gasteiger partial charge < -0.3 is 18.7 Å². The minimum absolute atomic E-state index is 0.272. The Morgan fingerprint density at radius 2 is 1.97 bits per heavy atom. The number of hydrogen-bond donors (Lipinski definition) is 1. The van der Waals surface area contributed by atoms with Crippen LogP contribution in [0.15, 0.2) is 28.8 Å². The number of ether oxygens (including phenoxy) is 3. The number of nitrogens with one attached hydrogen (secondary N) is 1. The molecule has 9 nitrogen and oxygen atoms in total. The van der Waals surface area contributed by atoms with Crippen LogP contribution in [0.25, 0.3) is 6.08 Å². The van der Waals surface area contributed by atoms with Crippen LogP contribution in [-0.4, -0.2) is 35.7 Å². The van der Waals surface area contributed by atoms with Crippen molar-refractivity contribution in [3.05, 3.63) is 57.4 Å². The van der Waals surface area contributed by atoms with Crippen LogP contribution >= 0.6 is 11.3 Å². The van der Waals surface area contributed by atoms with Gasteiger partial charge in [0.05, 0.1) is 30.7 Å². The van der Waals surface area contributed by atoms with Gasteiger partial charge in [-0.1, -0.05) is 22.6 Å². The van der Waals surface area contributed by atoms with Gasteiger partial charge in [0.25, 0.3) is 0 Å². The Labute approximate surface area is 195 Å². The lowest BCUT2D eigenvalue weighted by Gasteiger charge is -2.11. The highest BCUT2D eigenvalue weighted by atomic mass is 32.1. The molecule has 0 spiro atoms. The van der Waals surface area contributed by atoms with Crippen molar-refractivity contribution in [1.29, 1.82) is 0 Å². The van der Waals surface area contributed by atoms with E-state index in [0.717, 1.165) is 28.2 Å². The van der Waals surface area contributed by atoms with E-state index in [9.17, 15) is 9.59 Å². The molecule has 0 saturated heterocycles. The van der Waals surface area contributed by atoms with E-state index in [0.29, 0.717) is 39.6 Å². The first-order valence-electron chi connectivity index (χ1n) is 10.2. The molecule has 10 heteroatoms. The Morgan fingerprint density at radius 3 is 2.64 bits per heavy atom. The average Bonchev–Trinajstić information content (AvgIpc) is 3.32. The van der Waals surface area contributed by atoms with Crippen molar-refractivity contribution in [1.82, 2.24) is 10.1 Å². The Morgan fingerprint density at radius 1 is 1.18 bits per heavy atom. The second-order valence-corrected chi connectivity index (χ2v) is 7.98. The van der Waals surface area contributed by atoms with Crippen molar-refractivity contribution in [2.24, 2.45) is 0 Å². The van der Waals surface area contributed by atoms with Gasteiger partial charge in [-0.15, -0.1) is 0 Å². The van der Waals surface area contributed by atoms with Crippen LogP contribution in [0.1, 0.15) is 44.9 Å². The number of esters is 1. The third kappa shape index (κ3) is 5.98. The molecule has 0 fully saturated rings. The summed E-state index contributed by atoms with van der Waals surface area (Å²) in [5, 5.41) is 6.90. The average molecular weight is 472 g/mol. The van der Waals surface area contributed by atoms with E-state index in [1.54, 1.807) is 45.2 Å². The summed E-state index contributed by atoms with van der Waals surface area (Å²) in [5.74, 6) is 0.966. The summed E-state index contributed by atoms with van der Waals surface area (Å²) >= 11 is 1.07. The number of amides is 1. The van der Waals surface area contributed by atoms with Crippen LogP contribution in [0, 0.1) is 20.8 Å². The molecule has 0 unspecified atom stereocenters.